The average molecular weight is 253 g/mol. The molecule has 0 spiro atoms. The smallest absolute Gasteiger partial charge is 0.323 e. The number of ether oxygens (including phenoxy) is 1. The van der Waals surface area contributed by atoms with Crippen molar-refractivity contribution in [2.75, 3.05) is 19.9 Å². The van der Waals surface area contributed by atoms with E-state index in [1.54, 1.807) is 18.8 Å². The zero-order valence-electron chi connectivity index (χ0n) is 10.5. The molecule has 1 rings (SSSR count). The van der Waals surface area contributed by atoms with E-state index in [1.165, 1.54) is 18.2 Å². The molecule has 0 fully saturated rings. The molecule has 1 unspecified atom stereocenters. The van der Waals surface area contributed by atoms with Gasteiger partial charge in [-0.1, -0.05) is 24.3 Å². The Hall–Kier alpha value is -1.00. The molecule has 1 aromatic carbocycles. The van der Waals surface area contributed by atoms with Gasteiger partial charge in [0.05, 0.1) is 7.11 Å². The number of methoxy groups -OCH3 is 1. The minimum atomic E-state index is -0.228. The Balaban J connectivity index is 2.42. The van der Waals surface area contributed by atoms with Gasteiger partial charge in [0.1, 0.15) is 6.04 Å². The van der Waals surface area contributed by atoms with E-state index < -0.39 is 0 Å². The van der Waals surface area contributed by atoms with Crippen molar-refractivity contribution in [2.45, 2.75) is 18.7 Å². The SMILES string of the molecule is CNC(CSCc1ccccc1C)C(=O)OC. The minimum absolute atomic E-state index is 0.204. The van der Waals surface area contributed by atoms with Crippen LogP contribution in [0.1, 0.15) is 11.1 Å². The van der Waals surface area contributed by atoms with E-state index in [2.05, 4.69) is 24.4 Å². The summed E-state index contributed by atoms with van der Waals surface area (Å²) in [5.41, 5.74) is 2.61. The Morgan fingerprint density at radius 1 is 1.47 bits per heavy atom. The van der Waals surface area contributed by atoms with E-state index >= 15 is 0 Å². The van der Waals surface area contributed by atoms with Gasteiger partial charge in [-0.25, -0.2) is 0 Å². The first-order valence-electron chi connectivity index (χ1n) is 5.56. The van der Waals surface area contributed by atoms with Crippen molar-refractivity contribution in [3.05, 3.63) is 35.4 Å². The monoisotopic (exact) mass is 253 g/mol. The van der Waals surface area contributed by atoms with Crippen molar-refractivity contribution >= 4 is 17.7 Å². The molecule has 0 saturated heterocycles. The standard InChI is InChI=1S/C13H19NO2S/c1-10-6-4-5-7-11(10)8-17-9-12(14-2)13(15)16-3/h4-7,12,14H,8-9H2,1-3H3. The highest BCUT2D eigenvalue weighted by Gasteiger charge is 2.16. The number of aryl methyl sites for hydroxylation is 1. The first-order valence-corrected chi connectivity index (χ1v) is 6.72. The van der Waals surface area contributed by atoms with Crippen LogP contribution in [0.5, 0.6) is 0 Å². The van der Waals surface area contributed by atoms with E-state index in [0.29, 0.717) is 0 Å². The van der Waals surface area contributed by atoms with Crippen LogP contribution in [0.2, 0.25) is 0 Å². The van der Waals surface area contributed by atoms with Gasteiger partial charge in [-0.15, -0.1) is 0 Å². The number of thioether (sulfide) groups is 1. The molecule has 0 aromatic heterocycles. The minimum Gasteiger partial charge on any atom is -0.468 e. The van der Waals surface area contributed by atoms with Gasteiger partial charge in [0.2, 0.25) is 0 Å². The molecule has 1 atom stereocenters. The molecular weight excluding hydrogens is 234 g/mol. The second kappa shape index (κ2) is 7.35. The van der Waals surface area contributed by atoms with Crippen LogP contribution in [0.4, 0.5) is 0 Å². The lowest BCUT2D eigenvalue weighted by Gasteiger charge is -2.13. The van der Waals surface area contributed by atoms with Crippen LogP contribution in [0.15, 0.2) is 24.3 Å². The fraction of sp³-hybridized carbons (Fsp3) is 0.462. The van der Waals surface area contributed by atoms with Crippen molar-refractivity contribution in [3.63, 3.8) is 0 Å². The van der Waals surface area contributed by atoms with Gasteiger partial charge in [-0.05, 0) is 25.1 Å². The lowest BCUT2D eigenvalue weighted by Crippen LogP contribution is -2.37. The third-order valence-corrected chi connectivity index (χ3v) is 3.72. The average Bonchev–Trinajstić information content (AvgIpc) is 2.36. The summed E-state index contributed by atoms with van der Waals surface area (Å²) < 4.78 is 4.71. The number of nitrogens with one attached hydrogen (secondary N) is 1. The van der Waals surface area contributed by atoms with Gasteiger partial charge in [-0.2, -0.15) is 11.8 Å². The van der Waals surface area contributed by atoms with Crippen LogP contribution < -0.4 is 5.32 Å². The topological polar surface area (TPSA) is 38.3 Å². The van der Waals surface area contributed by atoms with Crippen molar-refractivity contribution in [1.82, 2.24) is 5.32 Å². The van der Waals surface area contributed by atoms with E-state index in [4.69, 9.17) is 4.74 Å². The molecular formula is C13H19NO2S. The molecule has 0 heterocycles. The first kappa shape index (κ1) is 14.1. The zero-order chi connectivity index (χ0) is 12.7. The lowest BCUT2D eigenvalue weighted by molar-refractivity contribution is -0.142. The Labute approximate surface area is 107 Å². The molecule has 1 aromatic rings. The summed E-state index contributed by atoms with van der Waals surface area (Å²) >= 11 is 1.73. The van der Waals surface area contributed by atoms with Gasteiger partial charge >= 0.3 is 5.97 Å². The van der Waals surface area contributed by atoms with Crippen LogP contribution >= 0.6 is 11.8 Å². The third kappa shape index (κ3) is 4.40. The fourth-order valence-corrected chi connectivity index (χ4v) is 2.67. The number of carbonyl (C=O) groups excluding carboxylic acids is 1. The van der Waals surface area contributed by atoms with Gasteiger partial charge in [0.15, 0.2) is 0 Å². The maximum atomic E-state index is 11.4. The molecule has 0 aliphatic carbocycles. The predicted molar refractivity (Wildman–Crippen MR) is 72.2 cm³/mol. The maximum Gasteiger partial charge on any atom is 0.323 e. The zero-order valence-corrected chi connectivity index (χ0v) is 11.3. The summed E-state index contributed by atoms with van der Waals surface area (Å²) in [5, 5.41) is 2.96. The van der Waals surface area contributed by atoms with Crippen molar-refractivity contribution in [1.29, 1.82) is 0 Å². The molecule has 4 heteroatoms. The number of esters is 1. The van der Waals surface area contributed by atoms with Crippen molar-refractivity contribution in [2.24, 2.45) is 0 Å². The lowest BCUT2D eigenvalue weighted by atomic mass is 10.1. The number of benzene rings is 1. The Morgan fingerprint density at radius 2 is 2.18 bits per heavy atom. The van der Waals surface area contributed by atoms with Crippen LogP contribution in [-0.2, 0) is 15.3 Å². The predicted octanol–water partition coefficient (Wildman–Crippen LogP) is 1.99. The van der Waals surface area contributed by atoms with Crippen LogP contribution in [0, 0.1) is 6.92 Å². The molecule has 17 heavy (non-hydrogen) atoms. The van der Waals surface area contributed by atoms with Gasteiger partial charge in [0, 0.05) is 11.5 Å². The van der Waals surface area contributed by atoms with Crippen molar-refractivity contribution < 1.29 is 9.53 Å². The van der Waals surface area contributed by atoms with Crippen molar-refractivity contribution in [3.8, 4) is 0 Å². The van der Waals surface area contributed by atoms with E-state index in [1.807, 2.05) is 12.1 Å². The van der Waals surface area contributed by atoms with Gasteiger partial charge in [0.25, 0.3) is 0 Å². The van der Waals surface area contributed by atoms with Gasteiger partial charge in [-0.3, -0.25) is 4.79 Å². The Morgan fingerprint density at radius 3 is 2.76 bits per heavy atom. The molecule has 0 bridgehead atoms. The quantitative estimate of drug-likeness (QED) is 0.787. The van der Waals surface area contributed by atoms with E-state index in [0.717, 1.165) is 11.5 Å². The number of hydrogen-bond acceptors (Lipinski definition) is 4. The molecule has 0 saturated carbocycles. The molecule has 0 radical (unpaired) electrons. The Kier molecular flexibility index (Phi) is 6.08. The second-order valence-electron chi connectivity index (χ2n) is 3.81. The van der Waals surface area contributed by atoms with Crippen LogP contribution in [-0.4, -0.2) is 31.9 Å². The molecule has 3 nitrogen and oxygen atoms in total. The molecule has 1 N–H and O–H groups in total. The summed E-state index contributed by atoms with van der Waals surface area (Å²) in [6.45, 7) is 2.10. The third-order valence-electron chi connectivity index (χ3n) is 2.64. The summed E-state index contributed by atoms with van der Waals surface area (Å²) in [7, 11) is 3.19. The summed E-state index contributed by atoms with van der Waals surface area (Å²) in [6.07, 6.45) is 0. The van der Waals surface area contributed by atoms with Crippen LogP contribution in [0.3, 0.4) is 0 Å². The number of carbonyl (C=O) groups is 1. The molecule has 0 aliphatic heterocycles. The fourth-order valence-electron chi connectivity index (χ4n) is 1.47. The van der Waals surface area contributed by atoms with E-state index in [9.17, 15) is 4.79 Å². The molecule has 0 aliphatic rings. The largest absolute Gasteiger partial charge is 0.468 e. The van der Waals surface area contributed by atoms with E-state index in [-0.39, 0.29) is 12.0 Å². The highest BCUT2D eigenvalue weighted by Crippen LogP contribution is 2.16. The molecule has 0 amide bonds. The summed E-state index contributed by atoms with van der Waals surface area (Å²) in [6, 6.07) is 8.07. The number of hydrogen-bond donors (Lipinski definition) is 1. The highest BCUT2D eigenvalue weighted by atomic mass is 32.2. The second-order valence-corrected chi connectivity index (χ2v) is 4.84. The summed E-state index contributed by atoms with van der Waals surface area (Å²) in [5.74, 6) is 1.43. The van der Waals surface area contributed by atoms with Crippen LogP contribution in [0.25, 0.3) is 0 Å². The van der Waals surface area contributed by atoms with Gasteiger partial charge < -0.3 is 10.1 Å². The normalized spacial score (nSPS) is 12.2. The number of likely N-dealkylation sites (N-methyl/N-ethyl adjacent to an activating group) is 1. The number of rotatable bonds is 6. The highest BCUT2D eigenvalue weighted by molar-refractivity contribution is 7.98. The first-order chi connectivity index (χ1) is 8.19. The molecule has 94 valence electrons. The maximum absolute atomic E-state index is 11.4. The Bertz CT molecular complexity index is 368. The summed E-state index contributed by atoms with van der Waals surface area (Å²) in [4.78, 5) is 11.4.